The molecule has 0 unspecified atom stereocenters. The minimum absolute atomic E-state index is 0.0898. The van der Waals surface area contributed by atoms with Crippen molar-refractivity contribution in [1.82, 2.24) is 10.6 Å². The van der Waals surface area contributed by atoms with Gasteiger partial charge in [0.2, 0.25) is 5.91 Å². The van der Waals surface area contributed by atoms with Crippen LogP contribution >= 0.6 is 0 Å². The summed E-state index contributed by atoms with van der Waals surface area (Å²) in [4.78, 5) is 11.3. The first-order valence-electron chi connectivity index (χ1n) is 5.57. The quantitative estimate of drug-likeness (QED) is 0.779. The fourth-order valence-corrected chi connectivity index (χ4v) is 1.36. The zero-order valence-electron chi connectivity index (χ0n) is 10.1. The molecule has 2 N–H and O–H groups in total. The van der Waals surface area contributed by atoms with Crippen molar-refractivity contribution in [1.29, 1.82) is 0 Å². The Balaban J connectivity index is 2.44. The molecule has 18 heavy (non-hydrogen) atoms. The molecule has 0 radical (unpaired) electrons. The van der Waals surface area contributed by atoms with Crippen LogP contribution in [0.1, 0.15) is 12.0 Å². The Bertz CT molecular complexity index is 386. The van der Waals surface area contributed by atoms with Gasteiger partial charge in [0, 0.05) is 19.5 Å². The fourth-order valence-electron chi connectivity index (χ4n) is 1.36. The number of rotatable bonds is 7. The predicted octanol–water partition coefficient (Wildman–Crippen LogP) is 1.51. The monoisotopic (exact) mass is 258 g/mol. The second-order valence-corrected chi connectivity index (χ2v) is 3.66. The molecule has 0 atom stereocenters. The molecule has 6 heteroatoms. The number of alkyl halides is 2. The molecule has 1 rings (SSSR count). The lowest BCUT2D eigenvalue weighted by atomic mass is 10.2. The molecule has 0 aromatic heterocycles. The van der Waals surface area contributed by atoms with Crippen molar-refractivity contribution in [2.75, 3.05) is 13.6 Å². The van der Waals surface area contributed by atoms with E-state index in [0.29, 0.717) is 25.1 Å². The van der Waals surface area contributed by atoms with Crippen LogP contribution in [0.5, 0.6) is 5.75 Å². The zero-order valence-corrected chi connectivity index (χ0v) is 10.1. The van der Waals surface area contributed by atoms with Gasteiger partial charge < -0.3 is 15.4 Å². The van der Waals surface area contributed by atoms with Crippen LogP contribution in [0.3, 0.4) is 0 Å². The first kappa shape index (κ1) is 14.4. The SMILES string of the molecule is CNCCC(=O)NCc1cccc(OC(F)F)c1. The van der Waals surface area contributed by atoms with Gasteiger partial charge in [-0.15, -0.1) is 0 Å². The zero-order chi connectivity index (χ0) is 13.4. The second-order valence-electron chi connectivity index (χ2n) is 3.66. The van der Waals surface area contributed by atoms with Gasteiger partial charge in [0.15, 0.2) is 0 Å². The first-order valence-corrected chi connectivity index (χ1v) is 5.57. The van der Waals surface area contributed by atoms with E-state index in [4.69, 9.17) is 0 Å². The molecule has 0 saturated carbocycles. The van der Waals surface area contributed by atoms with Crippen LogP contribution in [-0.2, 0) is 11.3 Å². The smallest absolute Gasteiger partial charge is 0.387 e. The van der Waals surface area contributed by atoms with Crippen molar-refractivity contribution >= 4 is 5.91 Å². The highest BCUT2D eigenvalue weighted by atomic mass is 19.3. The van der Waals surface area contributed by atoms with Gasteiger partial charge in [-0.25, -0.2) is 0 Å². The van der Waals surface area contributed by atoms with Gasteiger partial charge in [0.1, 0.15) is 5.75 Å². The molecule has 1 amide bonds. The third-order valence-corrected chi connectivity index (χ3v) is 2.22. The average Bonchev–Trinajstić information content (AvgIpc) is 2.33. The number of hydrogen-bond acceptors (Lipinski definition) is 3. The first-order chi connectivity index (χ1) is 8.61. The van der Waals surface area contributed by atoms with Gasteiger partial charge >= 0.3 is 6.61 Å². The van der Waals surface area contributed by atoms with Crippen LogP contribution in [-0.4, -0.2) is 26.1 Å². The van der Waals surface area contributed by atoms with E-state index in [1.807, 2.05) is 0 Å². The molecular weight excluding hydrogens is 242 g/mol. The Labute approximate surface area is 104 Å². The molecule has 0 aliphatic rings. The Hall–Kier alpha value is -1.69. The highest BCUT2D eigenvalue weighted by Crippen LogP contribution is 2.15. The van der Waals surface area contributed by atoms with Crippen molar-refractivity contribution in [2.24, 2.45) is 0 Å². The molecule has 0 aliphatic carbocycles. The minimum Gasteiger partial charge on any atom is -0.435 e. The van der Waals surface area contributed by atoms with Crippen LogP contribution in [0.25, 0.3) is 0 Å². The van der Waals surface area contributed by atoms with Crippen molar-refractivity contribution < 1.29 is 18.3 Å². The highest BCUT2D eigenvalue weighted by Gasteiger charge is 2.05. The number of ether oxygens (including phenoxy) is 1. The fraction of sp³-hybridized carbons (Fsp3) is 0.417. The van der Waals surface area contributed by atoms with E-state index < -0.39 is 6.61 Å². The van der Waals surface area contributed by atoms with Gasteiger partial charge in [0.25, 0.3) is 0 Å². The van der Waals surface area contributed by atoms with Gasteiger partial charge in [-0.1, -0.05) is 12.1 Å². The maximum Gasteiger partial charge on any atom is 0.387 e. The Morgan fingerprint density at radius 2 is 2.22 bits per heavy atom. The minimum atomic E-state index is -2.84. The number of amides is 1. The van der Waals surface area contributed by atoms with E-state index in [1.54, 1.807) is 19.2 Å². The van der Waals surface area contributed by atoms with Crippen LogP contribution in [0.2, 0.25) is 0 Å². The van der Waals surface area contributed by atoms with E-state index in [9.17, 15) is 13.6 Å². The lowest BCUT2D eigenvalue weighted by Crippen LogP contribution is -2.26. The lowest BCUT2D eigenvalue weighted by molar-refractivity contribution is -0.121. The molecule has 0 fully saturated rings. The molecule has 0 spiro atoms. The topological polar surface area (TPSA) is 50.4 Å². The van der Waals surface area contributed by atoms with E-state index in [-0.39, 0.29) is 11.7 Å². The second kappa shape index (κ2) is 7.60. The number of halogens is 2. The number of carbonyl (C=O) groups is 1. The molecule has 0 bridgehead atoms. The average molecular weight is 258 g/mol. The highest BCUT2D eigenvalue weighted by molar-refractivity contribution is 5.76. The standard InChI is InChI=1S/C12H16F2N2O2/c1-15-6-5-11(17)16-8-9-3-2-4-10(7-9)18-12(13)14/h2-4,7,12,15H,5-6,8H2,1H3,(H,16,17). The summed E-state index contributed by atoms with van der Waals surface area (Å²) < 4.78 is 28.3. The van der Waals surface area contributed by atoms with Crippen LogP contribution in [0.4, 0.5) is 8.78 Å². The molecule has 0 aliphatic heterocycles. The molecular formula is C12H16F2N2O2. The maximum absolute atomic E-state index is 12.0. The van der Waals surface area contributed by atoms with E-state index in [2.05, 4.69) is 15.4 Å². The van der Waals surface area contributed by atoms with Crippen LogP contribution in [0.15, 0.2) is 24.3 Å². The number of nitrogens with one attached hydrogen (secondary N) is 2. The summed E-state index contributed by atoms with van der Waals surface area (Å²) in [7, 11) is 1.76. The number of benzene rings is 1. The number of hydrogen-bond donors (Lipinski definition) is 2. The summed E-state index contributed by atoms with van der Waals surface area (Å²) in [6.07, 6.45) is 0.379. The van der Waals surface area contributed by atoms with Crippen LogP contribution < -0.4 is 15.4 Å². The van der Waals surface area contributed by atoms with E-state index >= 15 is 0 Å². The largest absolute Gasteiger partial charge is 0.435 e. The summed E-state index contributed by atoms with van der Waals surface area (Å²) in [5.74, 6) is -0.00324. The van der Waals surface area contributed by atoms with Crippen molar-refractivity contribution in [2.45, 2.75) is 19.6 Å². The Kier molecular flexibility index (Phi) is 6.07. The van der Waals surface area contributed by atoms with Gasteiger partial charge in [-0.2, -0.15) is 8.78 Å². The summed E-state index contributed by atoms with van der Waals surface area (Å²) in [5.41, 5.74) is 0.714. The van der Waals surface area contributed by atoms with Crippen molar-refractivity contribution in [3.05, 3.63) is 29.8 Å². The Morgan fingerprint density at radius 1 is 1.44 bits per heavy atom. The van der Waals surface area contributed by atoms with Gasteiger partial charge in [-0.05, 0) is 24.7 Å². The van der Waals surface area contributed by atoms with Crippen molar-refractivity contribution in [3.8, 4) is 5.75 Å². The summed E-state index contributed by atoms with van der Waals surface area (Å²) >= 11 is 0. The summed E-state index contributed by atoms with van der Waals surface area (Å²) in [6, 6.07) is 6.26. The molecule has 1 aromatic rings. The number of carbonyl (C=O) groups excluding carboxylic acids is 1. The van der Waals surface area contributed by atoms with Crippen molar-refractivity contribution in [3.63, 3.8) is 0 Å². The molecule has 100 valence electrons. The lowest BCUT2D eigenvalue weighted by Gasteiger charge is -2.08. The molecule has 4 nitrogen and oxygen atoms in total. The van der Waals surface area contributed by atoms with Crippen LogP contribution in [0, 0.1) is 0 Å². The van der Waals surface area contributed by atoms with Gasteiger partial charge in [0.05, 0.1) is 0 Å². The normalized spacial score (nSPS) is 10.4. The Morgan fingerprint density at radius 3 is 2.89 bits per heavy atom. The summed E-state index contributed by atoms with van der Waals surface area (Å²) in [6.45, 7) is -1.95. The van der Waals surface area contributed by atoms with E-state index in [0.717, 1.165) is 0 Å². The third kappa shape index (κ3) is 5.58. The van der Waals surface area contributed by atoms with E-state index in [1.165, 1.54) is 12.1 Å². The van der Waals surface area contributed by atoms with Gasteiger partial charge in [-0.3, -0.25) is 4.79 Å². The molecule has 0 saturated heterocycles. The summed E-state index contributed by atoms with van der Waals surface area (Å²) in [5, 5.41) is 5.56. The predicted molar refractivity (Wildman–Crippen MR) is 63.5 cm³/mol. The maximum atomic E-state index is 12.0. The third-order valence-electron chi connectivity index (χ3n) is 2.22. The molecule has 1 aromatic carbocycles. The molecule has 0 heterocycles.